The van der Waals surface area contributed by atoms with E-state index in [1.807, 2.05) is 19.9 Å². The summed E-state index contributed by atoms with van der Waals surface area (Å²) in [4.78, 5) is 0. The molecule has 0 amide bonds. The minimum atomic E-state index is -0.478. The monoisotopic (exact) mass is 216 g/mol. The van der Waals surface area contributed by atoms with Crippen LogP contribution < -0.4 is 0 Å². The van der Waals surface area contributed by atoms with Crippen molar-refractivity contribution in [3.8, 4) is 0 Å². The highest BCUT2D eigenvalue weighted by Crippen LogP contribution is 2.29. The second-order valence-electron chi connectivity index (χ2n) is 3.15. The van der Waals surface area contributed by atoms with Gasteiger partial charge in [-0.2, -0.15) is 0 Å². The molecule has 1 heterocycles. The molecule has 0 saturated heterocycles. The number of thiophene rings is 1. The lowest BCUT2D eigenvalue weighted by Crippen LogP contribution is -2.29. The Hall–Kier alpha value is 0.01000. The molecule has 1 rings (SSSR count). The largest absolute Gasteiger partial charge is 0.389 e. The van der Waals surface area contributed by atoms with Crippen LogP contribution in [-0.4, -0.2) is 16.5 Å². The summed E-state index contributed by atoms with van der Waals surface area (Å²) in [5.74, 6) is 0.806. The molecule has 74 valence electrons. The molecule has 1 aromatic heterocycles. The van der Waals surface area contributed by atoms with Gasteiger partial charge in [-0.05, 0) is 24.3 Å². The van der Waals surface area contributed by atoms with Gasteiger partial charge < -0.3 is 5.11 Å². The van der Waals surface area contributed by atoms with E-state index in [1.165, 1.54) is 4.21 Å². The third kappa shape index (κ3) is 3.33. The smallest absolute Gasteiger partial charge is 0.0736 e. The minimum Gasteiger partial charge on any atom is -0.389 e. The molecule has 0 aromatic carbocycles. The molecule has 0 fully saturated rings. The van der Waals surface area contributed by atoms with E-state index in [1.54, 1.807) is 23.1 Å². The normalized spacial score (nSPS) is 11.9. The number of hydrogen-bond acceptors (Lipinski definition) is 3. The summed E-state index contributed by atoms with van der Waals surface area (Å²) in [7, 11) is 0. The highest BCUT2D eigenvalue weighted by Gasteiger charge is 2.22. The van der Waals surface area contributed by atoms with Crippen molar-refractivity contribution in [3.63, 3.8) is 0 Å². The zero-order valence-corrected chi connectivity index (χ0v) is 9.75. The van der Waals surface area contributed by atoms with Crippen LogP contribution in [-0.2, 0) is 0 Å². The van der Waals surface area contributed by atoms with Crippen LogP contribution in [0, 0.1) is 0 Å². The topological polar surface area (TPSA) is 20.2 Å². The van der Waals surface area contributed by atoms with Crippen LogP contribution in [0.5, 0.6) is 0 Å². The number of hydrogen-bond donors (Lipinski definition) is 1. The van der Waals surface area contributed by atoms with Crippen molar-refractivity contribution in [2.45, 2.75) is 36.5 Å². The van der Waals surface area contributed by atoms with Gasteiger partial charge in [0.05, 0.1) is 9.81 Å². The van der Waals surface area contributed by atoms with Crippen LogP contribution in [0.4, 0.5) is 0 Å². The van der Waals surface area contributed by atoms with E-state index in [0.717, 1.165) is 18.6 Å². The van der Waals surface area contributed by atoms with Gasteiger partial charge in [-0.15, -0.1) is 23.1 Å². The Morgan fingerprint density at radius 1 is 1.46 bits per heavy atom. The average Bonchev–Trinajstić information content (AvgIpc) is 2.67. The van der Waals surface area contributed by atoms with Gasteiger partial charge in [-0.25, -0.2) is 0 Å². The summed E-state index contributed by atoms with van der Waals surface area (Å²) < 4.78 is 1.29. The standard InChI is InChI=1S/C10H16OS2/c1-3-10(11,4-2)8-13-9-6-5-7-12-9/h5-7,11H,3-4,8H2,1-2H3. The van der Waals surface area contributed by atoms with E-state index in [4.69, 9.17) is 0 Å². The quantitative estimate of drug-likeness (QED) is 0.761. The Balaban J connectivity index is 2.41. The van der Waals surface area contributed by atoms with Gasteiger partial charge in [-0.1, -0.05) is 19.9 Å². The molecule has 0 bridgehead atoms. The summed E-state index contributed by atoms with van der Waals surface area (Å²) in [5.41, 5.74) is -0.478. The second-order valence-corrected chi connectivity index (χ2v) is 5.38. The lowest BCUT2D eigenvalue weighted by molar-refractivity contribution is 0.0572. The first-order chi connectivity index (χ1) is 6.20. The van der Waals surface area contributed by atoms with Gasteiger partial charge in [-0.3, -0.25) is 0 Å². The molecule has 1 N–H and O–H groups in total. The van der Waals surface area contributed by atoms with Crippen LogP contribution in [0.25, 0.3) is 0 Å². The minimum absolute atomic E-state index is 0.478. The first-order valence-corrected chi connectivity index (χ1v) is 6.45. The number of aliphatic hydroxyl groups is 1. The zero-order valence-electron chi connectivity index (χ0n) is 8.12. The molecule has 13 heavy (non-hydrogen) atoms. The van der Waals surface area contributed by atoms with Gasteiger partial charge in [0.2, 0.25) is 0 Å². The summed E-state index contributed by atoms with van der Waals surface area (Å²) in [6.45, 7) is 4.08. The van der Waals surface area contributed by atoms with Crippen molar-refractivity contribution < 1.29 is 5.11 Å². The van der Waals surface area contributed by atoms with Crippen LogP contribution in [0.3, 0.4) is 0 Å². The Kier molecular flexibility index (Phi) is 4.29. The van der Waals surface area contributed by atoms with E-state index in [-0.39, 0.29) is 0 Å². The maximum atomic E-state index is 10.0. The molecule has 0 atom stereocenters. The SMILES string of the molecule is CCC(O)(CC)CSc1cccs1. The molecule has 3 heteroatoms. The second kappa shape index (κ2) is 5.03. The molecule has 1 nitrogen and oxygen atoms in total. The number of thioether (sulfide) groups is 1. The molecule has 0 saturated carbocycles. The van der Waals surface area contributed by atoms with Crippen molar-refractivity contribution in [1.29, 1.82) is 0 Å². The van der Waals surface area contributed by atoms with Crippen molar-refractivity contribution in [3.05, 3.63) is 17.5 Å². The molecule has 0 aliphatic carbocycles. The molecule has 1 aromatic rings. The summed E-state index contributed by atoms with van der Waals surface area (Å²) in [6.07, 6.45) is 1.67. The Morgan fingerprint density at radius 3 is 2.62 bits per heavy atom. The molecule has 0 aliphatic rings. The predicted molar refractivity (Wildman–Crippen MR) is 60.6 cm³/mol. The summed E-state index contributed by atoms with van der Waals surface area (Å²) in [6, 6.07) is 4.14. The van der Waals surface area contributed by atoms with Crippen molar-refractivity contribution in [1.82, 2.24) is 0 Å². The van der Waals surface area contributed by atoms with Crippen LogP contribution in [0.2, 0.25) is 0 Å². The highest BCUT2D eigenvalue weighted by molar-refractivity contribution is 8.01. The Labute approximate surface area is 88.2 Å². The molecule has 0 spiro atoms. The van der Waals surface area contributed by atoms with Gasteiger partial charge >= 0.3 is 0 Å². The van der Waals surface area contributed by atoms with E-state index in [0.29, 0.717) is 0 Å². The molecule has 0 unspecified atom stereocenters. The zero-order chi connectivity index (χ0) is 9.73. The number of rotatable bonds is 5. The van der Waals surface area contributed by atoms with E-state index >= 15 is 0 Å². The van der Waals surface area contributed by atoms with Gasteiger partial charge in [0.1, 0.15) is 0 Å². The highest BCUT2D eigenvalue weighted by atomic mass is 32.2. The third-order valence-corrected chi connectivity index (χ3v) is 4.70. The first-order valence-electron chi connectivity index (χ1n) is 4.59. The maximum absolute atomic E-state index is 10.0. The molecular formula is C10H16OS2. The van der Waals surface area contributed by atoms with Gasteiger partial charge in [0, 0.05) is 5.75 Å². The predicted octanol–water partition coefficient (Wildman–Crippen LogP) is 3.39. The summed E-state index contributed by atoms with van der Waals surface area (Å²) in [5, 5.41) is 12.1. The Bertz CT molecular complexity index is 227. The van der Waals surface area contributed by atoms with Crippen LogP contribution >= 0.6 is 23.1 Å². The fourth-order valence-electron chi connectivity index (χ4n) is 1.01. The van der Waals surface area contributed by atoms with Gasteiger partial charge in [0.25, 0.3) is 0 Å². The fourth-order valence-corrected chi connectivity index (χ4v) is 3.06. The lowest BCUT2D eigenvalue weighted by atomic mass is 10.0. The van der Waals surface area contributed by atoms with Crippen LogP contribution in [0.1, 0.15) is 26.7 Å². The van der Waals surface area contributed by atoms with E-state index < -0.39 is 5.60 Å². The van der Waals surface area contributed by atoms with Crippen LogP contribution in [0.15, 0.2) is 21.7 Å². The maximum Gasteiger partial charge on any atom is 0.0736 e. The first kappa shape index (κ1) is 11.1. The fraction of sp³-hybridized carbons (Fsp3) is 0.600. The average molecular weight is 216 g/mol. The van der Waals surface area contributed by atoms with Crippen molar-refractivity contribution >= 4 is 23.1 Å². The lowest BCUT2D eigenvalue weighted by Gasteiger charge is -2.24. The molecule has 0 aliphatic heterocycles. The third-order valence-electron chi connectivity index (χ3n) is 2.29. The molecular weight excluding hydrogens is 200 g/mol. The van der Waals surface area contributed by atoms with Crippen molar-refractivity contribution in [2.75, 3.05) is 5.75 Å². The van der Waals surface area contributed by atoms with Crippen molar-refractivity contribution in [2.24, 2.45) is 0 Å². The molecule has 0 radical (unpaired) electrons. The van der Waals surface area contributed by atoms with Gasteiger partial charge in [0.15, 0.2) is 0 Å². The summed E-state index contributed by atoms with van der Waals surface area (Å²) >= 11 is 3.49. The van der Waals surface area contributed by atoms with E-state index in [2.05, 4.69) is 11.4 Å². The Morgan fingerprint density at radius 2 is 2.15 bits per heavy atom. The van der Waals surface area contributed by atoms with E-state index in [9.17, 15) is 5.11 Å².